The fourth-order valence-corrected chi connectivity index (χ4v) is 1.83. The summed E-state index contributed by atoms with van der Waals surface area (Å²) in [7, 11) is 0. The Hall–Kier alpha value is -2.40. The number of amides is 2. The van der Waals surface area contributed by atoms with E-state index in [0.29, 0.717) is 18.7 Å². The van der Waals surface area contributed by atoms with Gasteiger partial charge >= 0.3 is 0 Å². The Morgan fingerprint density at radius 2 is 1.74 bits per heavy atom. The van der Waals surface area contributed by atoms with Gasteiger partial charge in [0.15, 0.2) is 0 Å². The monoisotopic (exact) mass is 316 g/mol. The molecule has 1 aromatic rings. The highest BCUT2D eigenvalue weighted by Crippen LogP contribution is 2.00. The predicted octanol–water partition coefficient (Wildman–Crippen LogP) is 1.65. The predicted molar refractivity (Wildman–Crippen MR) is 91.6 cm³/mol. The highest BCUT2D eigenvalue weighted by molar-refractivity contribution is 5.92. The van der Waals surface area contributed by atoms with Crippen molar-refractivity contribution in [1.82, 2.24) is 10.6 Å². The molecule has 1 aromatic carbocycles. The molecule has 0 aromatic heterocycles. The van der Waals surface area contributed by atoms with Gasteiger partial charge < -0.3 is 15.7 Å². The van der Waals surface area contributed by atoms with Crippen LogP contribution in [0.15, 0.2) is 48.1 Å². The van der Waals surface area contributed by atoms with Crippen molar-refractivity contribution in [3.63, 3.8) is 0 Å². The molecule has 0 heterocycles. The molecular weight excluding hydrogens is 292 g/mol. The van der Waals surface area contributed by atoms with Crippen LogP contribution in [-0.2, 0) is 9.59 Å². The van der Waals surface area contributed by atoms with E-state index >= 15 is 0 Å². The summed E-state index contributed by atoms with van der Waals surface area (Å²) in [5, 5.41) is 14.3. The minimum atomic E-state index is -0.172. The Kier molecular flexibility index (Phi) is 9.09. The number of rotatable bonds is 9. The quantitative estimate of drug-likeness (QED) is 0.479. The summed E-state index contributed by atoms with van der Waals surface area (Å²) in [5.41, 5.74) is 1.49. The van der Waals surface area contributed by atoms with E-state index in [1.54, 1.807) is 13.0 Å². The van der Waals surface area contributed by atoms with Gasteiger partial charge in [-0.25, -0.2) is 0 Å². The lowest BCUT2D eigenvalue weighted by Gasteiger charge is -2.05. The lowest BCUT2D eigenvalue weighted by molar-refractivity contribution is -0.118. The van der Waals surface area contributed by atoms with Gasteiger partial charge in [0.25, 0.3) is 0 Å². The van der Waals surface area contributed by atoms with E-state index in [0.717, 1.165) is 18.4 Å². The third kappa shape index (κ3) is 8.58. The van der Waals surface area contributed by atoms with Gasteiger partial charge in [0, 0.05) is 24.7 Å². The number of unbranched alkanes of at least 4 members (excludes halogenated alkanes) is 1. The fraction of sp³-hybridized carbons (Fsp3) is 0.333. The van der Waals surface area contributed by atoms with Crippen LogP contribution in [0, 0.1) is 0 Å². The van der Waals surface area contributed by atoms with Gasteiger partial charge in [-0.1, -0.05) is 36.4 Å². The molecule has 0 radical (unpaired) electrons. The number of hydrogen-bond donors (Lipinski definition) is 3. The molecule has 23 heavy (non-hydrogen) atoms. The first-order valence-corrected chi connectivity index (χ1v) is 7.70. The Bertz CT molecular complexity index is 551. The number of carbonyl (C=O) groups is 2. The molecule has 0 fully saturated rings. The molecule has 124 valence electrons. The maximum absolute atomic E-state index is 11.6. The van der Waals surface area contributed by atoms with Crippen LogP contribution in [0.2, 0.25) is 0 Å². The molecule has 0 aliphatic carbocycles. The van der Waals surface area contributed by atoms with Crippen molar-refractivity contribution in [2.24, 2.45) is 0 Å². The van der Waals surface area contributed by atoms with Crippen molar-refractivity contribution in [2.45, 2.75) is 19.8 Å². The summed E-state index contributed by atoms with van der Waals surface area (Å²) >= 11 is 0. The molecule has 0 unspecified atom stereocenters. The van der Waals surface area contributed by atoms with Crippen LogP contribution in [0.4, 0.5) is 0 Å². The Morgan fingerprint density at radius 1 is 1.09 bits per heavy atom. The fourth-order valence-electron chi connectivity index (χ4n) is 1.83. The SMILES string of the molecule is CC(=CCO)C(=O)NCCCCNC(=O)C=Cc1ccccc1. The average Bonchev–Trinajstić information content (AvgIpc) is 2.57. The van der Waals surface area contributed by atoms with Gasteiger partial charge in [0.1, 0.15) is 0 Å². The van der Waals surface area contributed by atoms with Crippen LogP contribution in [-0.4, -0.2) is 36.6 Å². The largest absolute Gasteiger partial charge is 0.392 e. The molecule has 0 aliphatic heterocycles. The Morgan fingerprint density at radius 3 is 2.39 bits per heavy atom. The summed E-state index contributed by atoms with van der Waals surface area (Å²) < 4.78 is 0. The van der Waals surface area contributed by atoms with Crippen molar-refractivity contribution in [2.75, 3.05) is 19.7 Å². The number of benzene rings is 1. The molecular formula is C18H24N2O3. The third-order valence-corrected chi connectivity index (χ3v) is 3.17. The summed E-state index contributed by atoms with van der Waals surface area (Å²) in [6.07, 6.45) is 6.31. The maximum Gasteiger partial charge on any atom is 0.246 e. The second kappa shape index (κ2) is 11.2. The molecule has 0 saturated heterocycles. The zero-order valence-corrected chi connectivity index (χ0v) is 13.4. The summed E-state index contributed by atoms with van der Waals surface area (Å²) in [6, 6.07) is 9.63. The highest BCUT2D eigenvalue weighted by atomic mass is 16.2. The number of aliphatic hydroxyl groups excluding tert-OH is 1. The molecule has 0 aliphatic rings. The molecule has 5 heteroatoms. The second-order valence-corrected chi connectivity index (χ2v) is 5.07. The van der Waals surface area contributed by atoms with Crippen LogP contribution in [0.25, 0.3) is 6.08 Å². The maximum atomic E-state index is 11.6. The van der Waals surface area contributed by atoms with Gasteiger partial charge in [0.05, 0.1) is 6.61 Å². The summed E-state index contributed by atoms with van der Waals surface area (Å²) in [6.45, 7) is 2.64. The van der Waals surface area contributed by atoms with E-state index in [1.807, 2.05) is 30.3 Å². The zero-order chi connectivity index (χ0) is 16.9. The lowest BCUT2D eigenvalue weighted by atomic mass is 10.2. The van der Waals surface area contributed by atoms with Crippen LogP contribution in [0.5, 0.6) is 0 Å². The molecule has 1 rings (SSSR count). The minimum Gasteiger partial charge on any atom is -0.392 e. The zero-order valence-electron chi connectivity index (χ0n) is 13.4. The van der Waals surface area contributed by atoms with Crippen molar-refractivity contribution >= 4 is 17.9 Å². The van der Waals surface area contributed by atoms with Crippen molar-refractivity contribution in [1.29, 1.82) is 0 Å². The van der Waals surface area contributed by atoms with Crippen LogP contribution in [0.3, 0.4) is 0 Å². The molecule has 0 saturated carbocycles. The third-order valence-electron chi connectivity index (χ3n) is 3.17. The molecule has 0 bridgehead atoms. The van der Waals surface area contributed by atoms with Gasteiger partial charge in [-0.15, -0.1) is 0 Å². The molecule has 3 N–H and O–H groups in total. The van der Waals surface area contributed by atoms with Crippen molar-refractivity contribution in [3.8, 4) is 0 Å². The van der Waals surface area contributed by atoms with Crippen LogP contribution in [0.1, 0.15) is 25.3 Å². The summed E-state index contributed by atoms with van der Waals surface area (Å²) in [5.74, 6) is -0.298. The van der Waals surface area contributed by atoms with E-state index in [4.69, 9.17) is 5.11 Å². The average molecular weight is 316 g/mol. The topological polar surface area (TPSA) is 78.4 Å². The van der Waals surface area contributed by atoms with E-state index < -0.39 is 0 Å². The number of aliphatic hydroxyl groups is 1. The molecule has 2 amide bonds. The standard InChI is InChI=1S/C18H24N2O3/c1-15(11-14-21)18(23)20-13-6-5-12-19-17(22)10-9-16-7-3-2-4-8-16/h2-4,7-11,21H,5-6,12-14H2,1H3,(H,19,22)(H,20,23). The van der Waals surface area contributed by atoms with E-state index in [1.165, 1.54) is 12.2 Å². The smallest absolute Gasteiger partial charge is 0.246 e. The molecule has 0 spiro atoms. The van der Waals surface area contributed by atoms with Gasteiger partial charge in [0.2, 0.25) is 11.8 Å². The first-order valence-electron chi connectivity index (χ1n) is 7.70. The van der Waals surface area contributed by atoms with Gasteiger partial charge in [-0.2, -0.15) is 0 Å². The van der Waals surface area contributed by atoms with E-state index in [2.05, 4.69) is 10.6 Å². The normalized spacial score (nSPS) is 11.5. The highest BCUT2D eigenvalue weighted by Gasteiger charge is 2.02. The number of carbonyl (C=O) groups excluding carboxylic acids is 2. The number of nitrogens with one attached hydrogen (secondary N) is 2. The molecule has 0 atom stereocenters. The van der Waals surface area contributed by atoms with Gasteiger partial charge in [-0.3, -0.25) is 9.59 Å². The van der Waals surface area contributed by atoms with Crippen LogP contribution >= 0.6 is 0 Å². The summed E-state index contributed by atoms with van der Waals surface area (Å²) in [4.78, 5) is 23.1. The van der Waals surface area contributed by atoms with E-state index in [9.17, 15) is 9.59 Å². The second-order valence-electron chi connectivity index (χ2n) is 5.07. The van der Waals surface area contributed by atoms with Crippen molar-refractivity contribution in [3.05, 3.63) is 53.6 Å². The first-order chi connectivity index (χ1) is 11.1. The lowest BCUT2D eigenvalue weighted by Crippen LogP contribution is -2.27. The van der Waals surface area contributed by atoms with Gasteiger partial charge in [-0.05, 0) is 31.4 Å². The van der Waals surface area contributed by atoms with Crippen molar-refractivity contribution < 1.29 is 14.7 Å². The minimum absolute atomic E-state index is 0.125. The van der Waals surface area contributed by atoms with Crippen LogP contribution < -0.4 is 10.6 Å². The Balaban J connectivity index is 2.11. The number of hydrogen-bond acceptors (Lipinski definition) is 3. The molecule has 5 nitrogen and oxygen atoms in total. The van der Waals surface area contributed by atoms with E-state index in [-0.39, 0.29) is 18.4 Å². The Labute approximate surface area is 137 Å². The first kappa shape index (κ1) is 18.6.